The number of para-hydroxylation sites is 6. The van der Waals surface area contributed by atoms with Crippen LogP contribution in [0, 0.1) is 0 Å². The summed E-state index contributed by atoms with van der Waals surface area (Å²) in [4.78, 5) is 5.68. The summed E-state index contributed by atoms with van der Waals surface area (Å²) in [5.41, 5.74) is 12.2. The molecule has 0 saturated heterocycles. The number of rotatable bonds is 4. The lowest BCUT2D eigenvalue weighted by Crippen LogP contribution is -1.99. The quantitative estimate of drug-likeness (QED) is 0.186. The summed E-state index contributed by atoms with van der Waals surface area (Å²) in [6.07, 6.45) is 0. The number of nitrogens with zero attached hydrogens (tertiary/aromatic N) is 4. The number of hydrogen-bond donors (Lipinski definition) is 0. The average molecular weight is 651 g/mol. The van der Waals surface area contributed by atoms with Gasteiger partial charge >= 0.3 is 0 Å². The maximum Gasteiger partial charge on any atom is 0.148 e. The zero-order chi connectivity index (χ0) is 33.5. The smallest absolute Gasteiger partial charge is 0.148 e. The summed E-state index contributed by atoms with van der Waals surface area (Å²) in [5.74, 6) is 0. The second kappa shape index (κ2) is 10.8. The predicted octanol–water partition coefficient (Wildman–Crippen LogP) is 12.0. The topological polar surface area (TPSA) is 27.7 Å². The van der Waals surface area contributed by atoms with Crippen molar-refractivity contribution in [1.82, 2.24) is 18.7 Å². The number of fused-ring (bicyclic) bond motifs is 10. The maximum atomic E-state index is 5.68. The molecule has 0 amide bonds. The third-order valence-corrected chi connectivity index (χ3v) is 10.4. The second-order valence-corrected chi connectivity index (χ2v) is 13.2. The van der Waals surface area contributed by atoms with E-state index in [0.717, 1.165) is 55.8 Å². The van der Waals surface area contributed by atoms with E-state index in [9.17, 15) is 0 Å². The molecule has 0 bridgehead atoms. The van der Waals surface area contributed by atoms with Crippen molar-refractivity contribution in [3.8, 4) is 28.3 Å². The standard InChI is InChI=1S/C47H30N4/c1-3-15-32(16-4-1)50-41-25-13-9-21-37(41)43-45(48-47-44(46(43)50)38-22-10-14-26-42(38)51(47)33-17-5-2-6-18-33)31-27-29-34(30-28-31)49-39-23-11-7-19-35(39)36-20-8-12-24-40(36)49/h1-30H. The molecule has 0 N–H and O–H groups in total. The van der Waals surface area contributed by atoms with Gasteiger partial charge in [-0.05, 0) is 60.7 Å². The van der Waals surface area contributed by atoms with Crippen LogP contribution in [0.1, 0.15) is 0 Å². The molecule has 7 aromatic carbocycles. The van der Waals surface area contributed by atoms with Crippen LogP contribution < -0.4 is 0 Å². The fraction of sp³-hybridized carbons (Fsp3) is 0. The van der Waals surface area contributed by atoms with E-state index in [-0.39, 0.29) is 0 Å². The summed E-state index contributed by atoms with van der Waals surface area (Å²) in [7, 11) is 0. The Morgan fingerprint density at radius 1 is 0.314 bits per heavy atom. The summed E-state index contributed by atoms with van der Waals surface area (Å²) >= 11 is 0. The molecule has 0 atom stereocenters. The molecule has 11 aromatic rings. The molecule has 4 aromatic heterocycles. The lowest BCUT2D eigenvalue weighted by atomic mass is 10.0. The fourth-order valence-corrected chi connectivity index (χ4v) is 8.31. The van der Waals surface area contributed by atoms with Crippen molar-refractivity contribution in [3.63, 3.8) is 0 Å². The Balaban J connectivity index is 1.27. The Kier molecular flexibility index (Phi) is 5.92. The molecule has 0 aliphatic heterocycles. The van der Waals surface area contributed by atoms with Gasteiger partial charge in [-0.2, -0.15) is 0 Å². The molecule has 238 valence electrons. The highest BCUT2D eigenvalue weighted by atomic mass is 15.1. The molecule has 51 heavy (non-hydrogen) atoms. The van der Waals surface area contributed by atoms with Gasteiger partial charge < -0.3 is 9.13 Å². The minimum absolute atomic E-state index is 0.941. The number of pyridine rings is 1. The van der Waals surface area contributed by atoms with Gasteiger partial charge in [-0.3, -0.25) is 4.57 Å². The van der Waals surface area contributed by atoms with Crippen LogP contribution in [-0.2, 0) is 0 Å². The third-order valence-electron chi connectivity index (χ3n) is 10.4. The number of benzene rings is 7. The highest BCUT2D eigenvalue weighted by Gasteiger charge is 2.25. The maximum absolute atomic E-state index is 5.68. The van der Waals surface area contributed by atoms with Gasteiger partial charge in [0, 0.05) is 49.6 Å². The highest BCUT2D eigenvalue weighted by molar-refractivity contribution is 6.28. The molecular formula is C47H30N4. The molecule has 0 saturated carbocycles. The van der Waals surface area contributed by atoms with E-state index in [1.165, 1.54) is 38.1 Å². The van der Waals surface area contributed by atoms with Crippen molar-refractivity contribution in [3.05, 3.63) is 182 Å². The zero-order valence-electron chi connectivity index (χ0n) is 27.6. The Morgan fingerprint density at radius 3 is 1.29 bits per heavy atom. The van der Waals surface area contributed by atoms with Gasteiger partial charge in [-0.1, -0.05) is 121 Å². The first-order valence-corrected chi connectivity index (χ1v) is 17.4. The van der Waals surface area contributed by atoms with Crippen LogP contribution in [0.5, 0.6) is 0 Å². The van der Waals surface area contributed by atoms with Crippen molar-refractivity contribution in [1.29, 1.82) is 0 Å². The van der Waals surface area contributed by atoms with Crippen LogP contribution in [0.2, 0.25) is 0 Å². The van der Waals surface area contributed by atoms with Crippen LogP contribution in [0.25, 0.3) is 93.9 Å². The van der Waals surface area contributed by atoms with Crippen LogP contribution in [0.15, 0.2) is 182 Å². The van der Waals surface area contributed by atoms with E-state index in [0.29, 0.717) is 0 Å². The second-order valence-electron chi connectivity index (χ2n) is 13.2. The Hall–Kier alpha value is -6.91. The van der Waals surface area contributed by atoms with Crippen molar-refractivity contribution >= 4 is 65.5 Å². The van der Waals surface area contributed by atoms with E-state index >= 15 is 0 Å². The largest absolute Gasteiger partial charge is 0.309 e. The number of hydrogen-bond acceptors (Lipinski definition) is 1. The van der Waals surface area contributed by atoms with Crippen molar-refractivity contribution in [2.75, 3.05) is 0 Å². The molecule has 11 rings (SSSR count). The van der Waals surface area contributed by atoms with Crippen molar-refractivity contribution in [2.24, 2.45) is 0 Å². The van der Waals surface area contributed by atoms with E-state index in [1.807, 2.05) is 0 Å². The van der Waals surface area contributed by atoms with E-state index in [4.69, 9.17) is 4.98 Å². The van der Waals surface area contributed by atoms with E-state index in [1.54, 1.807) is 0 Å². The molecule has 0 spiro atoms. The minimum Gasteiger partial charge on any atom is -0.309 e. The van der Waals surface area contributed by atoms with Crippen LogP contribution in [0.4, 0.5) is 0 Å². The molecule has 4 heteroatoms. The lowest BCUT2D eigenvalue weighted by molar-refractivity contribution is 1.14. The molecule has 0 unspecified atom stereocenters. The minimum atomic E-state index is 0.941. The first-order chi connectivity index (χ1) is 25.3. The SMILES string of the molecule is c1ccc(-n2c3ccccc3c3c2nc(-c2ccc(-n4c5ccccc5c5ccccc54)cc2)c2c4ccccc4n(-c4ccccc4)c23)cc1. The van der Waals surface area contributed by atoms with Gasteiger partial charge in [0.1, 0.15) is 5.65 Å². The first-order valence-electron chi connectivity index (χ1n) is 17.4. The van der Waals surface area contributed by atoms with Crippen molar-refractivity contribution < 1.29 is 0 Å². The van der Waals surface area contributed by atoms with Gasteiger partial charge in [0.15, 0.2) is 0 Å². The summed E-state index contributed by atoms with van der Waals surface area (Å²) in [5, 5.41) is 7.19. The zero-order valence-corrected chi connectivity index (χ0v) is 27.6. The molecule has 0 fully saturated rings. The van der Waals surface area contributed by atoms with Crippen molar-refractivity contribution in [2.45, 2.75) is 0 Å². The Labute approximate surface area is 293 Å². The summed E-state index contributed by atoms with van der Waals surface area (Å²) < 4.78 is 7.13. The molecule has 0 aliphatic rings. The van der Waals surface area contributed by atoms with Gasteiger partial charge in [0.25, 0.3) is 0 Å². The van der Waals surface area contributed by atoms with Gasteiger partial charge in [0.05, 0.1) is 38.7 Å². The third kappa shape index (κ3) is 3.99. The predicted molar refractivity (Wildman–Crippen MR) is 213 cm³/mol. The molecular weight excluding hydrogens is 621 g/mol. The summed E-state index contributed by atoms with van der Waals surface area (Å²) in [6.45, 7) is 0. The number of aromatic nitrogens is 4. The monoisotopic (exact) mass is 650 g/mol. The summed E-state index contributed by atoms with van der Waals surface area (Å²) in [6, 6.07) is 65.1. The Bertz CT molecular complexity index is 3060. The van der Waals surface area contributed by atoms with Gasteiger partial charge in [0.2, 0.25) is 0 Å². The molecule has 0 aliphatic carbocycles. The first kappa shape index (κ1) is 28.0. The molecule has 0 radical (unpaired) electrons. The van der Waals surface area contributed by atoms with Gasteiger partial charge in [-0.25, -0.2) is 4.98 Å². The lowest BCUT2D eigenvalue weighted by Gasteiger charge is -2.13. The van der Waals surface area contributed by atoms with Crippen LogP contribution in [-0.4, -0.2) is 18.7 Å². The fourth-order valence-electron chi connectivity index (χ4n) is 8.31. The van der Waals surface area contributed by atoms with E-state index in [2.05, 4.69) is 196 Å². The Morgan fingerprint density at radius 2 is 0.725 bits per heavy atom. The average Bonchev–Trinajstić information content (AvgIpc) is 3.84. The molecule has 4 heterocycles. The molecule has 4 nitrogen and oxygen atoms in total. The van der Waals surface area contributed by atoms with Gasteiger partial charge in [-0.15, -0.1) is 0 Å². The highest BCUT2D eigenvalue weighted by Crippen LogP contribution is 2.45. The van der Waals surface area contributed by atoms with E-state index < -0.39 is 0 Å². The normalized spacial score (nSPS) is 11.9. The van der Waals surface area contributed by atoms with Crippen LogP contribution in [0.3, 0.4) is 0 Å². The van der Waals surface area contributed by atoms with Crippen LogP contribution >= 0.6 is 0 Å².